The van der Waals surface area contributed by atoms with Gasteiger partial charge in [0.15, 0.2) is 0 Å². The zero-order valence-corrected chi connectivity index (χ0v) is 13.1. The van der Waals surface area contributed by atoms with E-state index in [1.54, 1.807) is 0 Å². The van der Waals surface area contributed by atoms with Gasteiger partial charge in [0.2, 0.25) is 0 Å². The predicted octanol–water partition coefficient (Wildman–Crippen LogP) is 5.22. The van der Waals surface area contributed by atoms with Crippen molar-refractivity contribution in [2.45, 2.75) is 33.4 Å². The quantitative estimate of drug-likeness (QED) is 0.813. The number of rotatable bonds is 4. The maximum Gasteiger partial charge on any atom is 0.0406 e. The summed E-state index contributed by atoms with van der Waals surface area (Å²) < 4.78 is 0. The van der Waals surface area contributed by atoms with Crippen LogP contribution in [0.25, 0.3) is 0 Å². The SMILES string of the molecule is CC(C)(C)C(NCc1ccc(Cl)cc1)c1ccccc1. The second-order valence-electron chi connectivity index (χ2n) is 6.22. The maximum absolute atomic E-state index is 5.92. The van der Waals surface area contributed by atoms with E-state index in [2.05, 4.69) is 68.6 Å². The minimum atomic E-state index is 0.160. The average Bonchev–Trinajstić information content (AvgIpc) is 2.41. The van der Waals surface area contributed by atoms with Crippen molar-refractivity contribution in [1.29, 1.82) is 0 Å². The summed E-state index contributed by atoms with van der Waals surface area (Å²) in [5.41, 5.74) is 2.74. The second kappa shape index (κ2) is 6.43. The molecule has 0 radical (unpaired) electrons. The van der Waals surface area contributed by atoms with Crippen molar-refractivity contribution in [3.05, 3.63) is 70.7 Å². The number of nitrogens with one attached hydrogen (secondary N) is 1. The molecule has 2 rings (SSSR count). The van der Waals surface area contributed by atoms with Crippen molar-refractivity contribution in [3.63, 3.8) is 0 Å². The van der Waals surface area contributed by atoms with Gasteiger partial charge in [-0.2, -0.15) is 0 Å². The average molecular weight is 288 g/mol. The molecule has 0 bridgehead atoms. The summed E-state index contributed by atoms with van der Waals surface area (Å²) in [6.45, 7) is 7.63. The Morgan fingerprint density at radius 3 is 2.10 bits per heavy atom. The molecule has 0 amide bonds. The zero-order valence-electron chi connectivity index (χ0n) is 12.4. The standard InChI is InChI=1S/C18H22ClN/c1-18(2,3)17(15-7-5-4-6-8-15)20-13-14-9-11-16(19)12-10-14/h4-12,17,20H,13H2,1-3H3. The third-order valence-electron chi connectivity index (χ3n) is 3.42. The first-order valence-corrected chi connectivity index (χ1v) is 7.37. The minimum Gasteiger partial charge on any atom is -0.305 e. The van der Waals surface area contributed by atoms with Gasteiger partial charge in [0.05, 0.1) is 0 Å². The first-order valence-electron chi connectivity index (χ1n) is 6.99. The Morgan fingerprint density at radius 1 is 0.950 bits per heavy atom. The van der Waals surface area contributed by atoms with Crippen LogP contribution in [0.2, 0.25) is 5.02 Å². The van der Waals surface area contributed by atoms with E-state index in [0.29, 0.717) is 6.04 Å². The molecule has 0 heterocycles. The molecule has 0 aliphatic carbocycles. The molecule has 106 valence electrons. The minimum absolute atomic E-state index is 0.160. The van der Waals surface area contributed by atoms with Crippen LogP contribution in [0.4, 0.5) is 0 Å². The van der Waals surface area contributed by atoms with Gasteiger partial charge >= 0.3 is 0 Å². The summed E-state index contributed by atoms with van der Waals surface area (Å²) in [5.74, 6) is 0. The van der Waals surface area contributed by atoms with E-state index in [1.807, 2.05) is 12.1 Å². The van der Waals surface area contributed by atoms with Gasteiger partial charge in [-0.3, -0.25) is 0 Å². The van der Waals surface area contributed by atoms with Gasteiger partial charge in [0.1, 0.15) is 0 Å². The van der Waals surface area contributed by atoms with E-state index in [4.69, 9.17) is 11.6 Å². The summed E-state index contributed by atoms with van der Waals surface area (Å²) in [6.07, 6.45) is 0. The molecule has 20 heavy (non-hydrogen) atoms. The third kappa shape index (κ3) is 4.09. The van der Waals surface area contributed by atoms with Gasteiger partial charge in [0.25, 0.3) is 0 Å². The molecule has 2 aromatic rings. The van der Waals surface area contributed by atoms with E-state index in [-0.39, 0.29) is 5.41 Å². The molecule has 1 N–H and O–H groups in total. The van der Waals surface area contributed by atoms with E-state index in [0.717, 1.165) is 11.6 Å². The van der Waals surface area contributed by atoms with Crippen molar-refractivity contribution in [2.24, 2.45) is 5.41 Å². The van der Waals surface area contributed by atoms with E-state index in [9.17, 15) is 0 Å². The van der Waals surface area contributed by atoms with Crippen LogP contribution in [0.1, 0.15) is 37.9 Å². The van der Waals surface area contributed by atoms with Crippen molar-refractivity contribution in [1.82, 2.24) is 5.32 Å². The van der Waals surface area contributed by atoms with Crippen molar-refractivity contribution < 1.29 is 0 Å². The van der Waals surface area contributed by atoms with Crippen molar-refractivity contribution >= 4 is 11.6 Å². The van der Waals surface area contributed by atoms with Crippen LogP contribution in [0.15, 0.2) is 54.6 Å². The molecule has 2 aromatic carbocycles. The Balaban J connectivity index is 2.11. The van der Waals surface area contributed by atoms with Gasteiger partial charge < -0.3 is 5.32 Å². The number of halogens is 1. The van der Waals surface area contributed by atoms with Crippen LogP contribution >= 0.6 is 11.6 Å². The first-order chi connectivity index (χ1) is 9.47. The molecule has 0 spiro atoms. The highest BCUT2D eigenvalue weighted by molar-refractivity contribution is 6.30. The lowest BCUT2D eigenvalue weighted by atomic mass is 9.82. The Morgan fingerprint density at radius 2 is 1.55 bits per heavy atom. The molecule has 0 saturated carbocycles. The summed E-state index contributed by atoms with van der Waals surface area (Å²) in [6, 6.07) is 19.0. The zero-order chi connectivity index (χ0) is 14.6. The maximum atomic E-state index is 5.92. The first kappa shape index (κ1) is 15.1. The molecule has 0 aromatic heterocycles. The Labute approximate surface area is 127 Å². The molecule has 1 atom stereocenters. The fourth-order valence-electron chi connectivity index (χ4n) is 2.39. The molecule has 0 aliphatic heterocycles. The molecule has 0 fully saturated rings. The van der Waals surface area contributed by atoms with Crippen LogP contribution < -0.4 is 5.32 Å². The molecule has 1 nitrogen and oxygen atoms in total. The topological polar surface area (TPSA) is 12.0 Å². The predicted molar refractivity (Wildman–Crippen MR) is 86.9 cm³/mol. The number of benzene rings is 2. The van der Waals surface area contributed by atoms with E-state index < -0.39 is 0 Å². The van der Waals surface area contributed by atoms with Gasteiger partial charge in [-0.05, 0) is 28.7 Å². The molecular formula is C18H22ClN. The third-order valence-corrected chi connectivity index (χ3v) is 3.67. The highest BCUT2D eigenvalue weighted by Crippen LogP contribution is 2.32. The summed E-state index contributed by atoms with van der Waals surface area (Å²) in [4.78, 5) is 0. The largest absolute Gasteiger partial charge is 0.305 e. The molecule has 1 unspecified atom stereocenters. The van der Waals surface area contributed by atoms with E-state index >= 15 is 0 Å². The fourth-order valence-corrected chi connectivity index (χ4v) is 2.52. The highest BCUT2D eigenvalue weighted by atomic mass is 35.5. The van der Waals surface area contributed by atoms with Gasteiger partial charge in [-0.25, -0.2) is 0 Å². The molecule has 0 aliphatic rings. The number of hydrogen-bond donors (Lipinski definition) is 1. The van der Waals surface area contributed by atoms with Crippen LogP contribution in [-0.2, 0) is 6.54 Å². The lowest BCUT2D eigenvalue weighted by molar-refractivity contribution is 0.271. The summed E-state index contributed by atoms with van der Waals surface area (Å²) >= 11 is 5.92. The fraction of sp³-hybridized carbons (Fsp3) is 0.333. The molecule has 2 heteroatoms. The lowest BCUT2D eigenvalue weighted by Gasteiger charge is -2.32. The van der Waals surface area contributed by atoms with Crippen LogP contribution in [0.3, 0.4) is 0 Å². The summed E-state index contributed by atoms with van der Waals surface area (Å²) in [5, 5.41) is 4.45. The van der Waals surface area contributed by atoms with Gasteiger partial charge in [-0.1, -0.05) is 74.8 Å². The number of hydrogen-bond acceptors (Lipinski definition) is 1. The van der Waals surface area contributed by atoms with Gasteiger partial charge in [0, 0.05) is 17.6 Å². The van der Waals surface area contributed by atoms with E-state index in [1.165, 1.54) is 11.1 Å². The highest BCUT2D eigenvalue weighted by Gasteiger charge is 2.25. The lowest BCUT2D eigenvalue weighted by Crippen LogP contribution is -2.32. The summed E-state index contributed by atoms with van der Waals surface area (Å²) in [7, 11) is 0. The smallest absolute Gasteiger partial charge is 0.0406 e. The molecular weight excluding hydrogens is 266 g/mol. The molecule has 0 saturated heterocycles. The van der Waals surface area contributed by atoms with Crippen LogP contribution in [0.5, 0.6) is 0 Å². The Kier molecular flexibility index (Phi) is 4.85. The van der Waals surface area contributed by atoms with Crippen molar-refractivity contribution in [3.8, 4) is 0 Å². The van der Waals surface area contributed by atoms with Crippen molar-refractivity contribution in [2.75, 3.05) is 0 Å². The monoisotopic (exact) mass is 287 g/mol. The van der Waals surface area contributed by atoms with Crippen LogP contribution in [0, 0.1) is 5.41 Å². The second-order valence-corrected chi connectivity index (χ2v) is 6.65. The normalized spacial score (nSPS) is 13.2. The van der Waals surface area contributed by atoms with Crippen LogP contribution in [-0.4, -0.2) is 0 Å². The Bertz CT molecular complexity index is 526. The van der Waals surface area contributed by atoms with Gasteiger partial charge in [-0.15, -0.1) is 0 Å². The Hall–Kier alpha value is -1.31.